The van der Waals surface area contributed by atoms with E-state index in [1.54, 1.807) is 11.3 Å². The summed E-state index contributed by atoms with van der Waals surface area (Å²) in [5.74, 6) is 0.433. The molecule has 0 aliphatic rings. The summed E-state index contributed by atoms with van der Waals surface area (Å²) in [5.41, 5.74) is 9.44. The molecular weight excluding hydrogens is 246 g/mol. The fourth-order valence-corrected chi connectivity index (χ4v) is 2.59. The first-order valence-corrected chi connectivity index (χ1v) is 6.40. The predicted molar refractivity (Wildman–Crippen MR) is 75.4 cm³/mol. The maximum Gasteiger partial charge on any atom is 0.198 e. The molecule has 6 heteroatoms. The second-order valence-corrected chi connectivity index (χ2v) is 5.34. The van der Waals surface area contributed by atoms with E-state index in [1.807, 2.05) is 25.1 Å². The number of rotatable bonds is 2. The molecule has 5 nitrogen and oxygen atoms in total. The fraction of sp³-hybridized carbons (Fsp3) is 0.167. The summed E-state index contributed by atoms with van der Waals surface area (Å²) in [6, 6.07) is 5.87. The summed E-state index contributed by atoms with van der Waals surface area (Å²) in [7, 11) is 0. The summed E-state index contributed by atoms with van der Waals surface area (Å²) in [6.45, 7) is 4.08. The van der Waals surface area contributed by atoms with E-state index in [0.717, 1.165) is 27.5 Å². The van der Waals surface area contributed by atoms with Crippen LogP contribution in [0.4, 0.5) is 16.8 Å². The first-order chi connectivity index (χ1) is 8.61. The van der Waals surface area contributed by atoms with Crippen LogP contribution in [-0.2, 0) is 0 Å². The quantitative estimate of drug-likeness (QED) is 0.661. The van der Waals surface area contributed by atoms with Crippen molar-refractivity contribution in [2.75, 3.05) is 11.1 Å². The van der Waals surface area contributed by atoms with Crippen molar-refractivity contribution in [1.82, 2.24) is 15.0 Å². The molecule has 0 bridgehead atoms. The van der Waals surface area contributed by atoms with E-state index in [2.05, 4.69) is 27.2 Å². The SMILES string of the molecule is Cc1nc(Nc2ccc3nc(N)[nH]c3c2)sc1C. The Balaban J connectivity index is 1.94. The first kappa shape index (κ1) is 11.0. The number of benzene rings is 1. The third-order valence-electron chi connectivity index (χ3n) is 2.78. The molecule has 0 aliphatic carbocycles. The number of H-pyrrole nitrogens is 1. The molecule has 2 heterocycles. The molecule has 0 saturated carbocycles. The van der Waals surface area contributed by atoms with Gasteiger partial charge in [0.25, 0.3) is 0 Å². The molecule has 0 atom stereocenters. The Bertz CT molecular complexity index is 693. The minimum atomic E-state index is 0.433. The third-order valence-corrected chi connectivity index (χ3v) is 3.77. The van der Waals surface area contributed by atoms with Crippen LogP contribution in [0.5, 0.6) is 0 Å². The number of anilines is 3. The number of nitrogen functional groups attached to an aromatic ring is 1. The second-order valence-electron chi connectivity index (χ2n) is 4.14. The lowest BCUT2D eigenvalue weighted by Gasteiger charge is -2.01. The number of nitrogens with one attached hydrogen (secondary N) is 2. The van der Waals surface area contributed by atoms with Crippen molar-refractivity contribution < 1.29 is 0 Å². The number of nitrogens with two attached hydrogens (primary N) is 1. The number of aromatic nitrogens is 3. The molecule has 92 valence electrons. The zero-order chi connectivity index (χ0) is 12.7. The zero-order valence-corrected chi connectivity index (χ0v) is 10.9. The standard InChI is InChI=1S/C12H13N5S/c1-6-7(2)18-12(14-6)15-8-3-4-9-10(5-8)17-11(13)16-9/h3-5H,1-2H3,(H,14,15)(H3,13,16,17). The van der Waals surface area contributed by atoms with Gasteiger partial charge in [0.15, 0.2) is 11.1 Å². The van der Waals surface area contributed by atoms with E-state index in [9.17, 15) is 0 Å². The van der Waals surface area contributed by atoms with E-state index in [-0.39, 0.29) is 0 Å². The van der Waals surface area contributed by atoms with Crippen molar-refractivity contribution in [2.24, 2.45) is 0 Å². The molecular formula is C12H13N5S. The number of thiazole rings is 1. The lowest BCUT2D eigenvalue weighted by Crippen LogP contribution is -1.89. The van der Waals surface area contributed by atoms with Crippen LogP contribution < -0.4 is 11.1 Å². The van der Waals surface area contributed by atoms with Crippen molar-refractivity contribution in [3.63, 3.8) is 0 Å². The van der Waals surface area contributed by atoms with Gasteiger partial charge in [-0.25, -0.2) is 9.97 Å². The number of nitrogens with zero attached hydrogens (tertiary/aromatic N) is 2. The van der Waals surface area contributed by atoms with Gasteiger partial charge in [-0.05, 0) is 32.0 Å². The van der Waals surface area contributed by atoms with Gasteiger partial charge in [0.2, 0.25) is 0 Å². The van der Waals surface area contributed by atoms with Gasteiger partial charge in [0, 0.05) is 10.6 Å². The Kier molecular flexibility index (Phi) is 2.45. The monoisotopic (exact) mass is 259 g/mol. The molecule has 0 spiro atoms. The Hall–Kier alpha value is -2.08. The number of imidazole rings is 1. The van der Waals surface area contributed by atoms with Gasteiger partial charge in [-0.3, -0.25) is 0 Å². The maximum atomic E-state index is 5.62. The zero-order valence-electron chi connectivity index (χ0n) is 10.1. The van der Waals surface area contributed by atoms with Gasteiger partial charge in [-0.1, -0.05) is 0 Å². The predicted octanol–water partition coefficient (Wildman–Crippen LogP) is 2.96. The normalized spacial score (nSPS) is 11.0. The minimum Gasteiger partial charge on any atom is -0.369 e. The van der Waals surface area contributed by atoms with Crippen molar-refractivity contribution in [3.05, 3.63) is 28.8 Å². The molecule has 3 rings (SSSR count). The van der Waals surface area contributed by atoms with Gasteiger partial charge in [-0.2, -0.15) is 0 Å². The maximum absolute atomic E-state index is 5.62. The summed E-state index contributed by atoms with van der Waals surface area (Å²) in [5, 5.41) is 4.19. The molecule has 18 heavy (non-hydrogen) atoms. The second kappa shape index (κ2) is 3.99. The van der Waals surface area contributed by atoms with Crippen molar-refractivity contribution in [3.8, 4) is 0 Å². The highest BCUT2D eigenvalue weighted by Crippen LogP contribution is 2.26. The molecule has 1 aromatic carbocycles. The smallest absolute Gasteiger partial charge is 0.198 e. The summed E-state index contributed by atoms with van der Waals surface area (Å²) >= 11 is 1.65. The van der Waals surface area contributed by atoms with E-state index in [0.29, 0.717) is 5.95 Å². The van der Waals surface area contributed by atoms with Crippen LogP contribution in [0.25, 0.3) is 11.0 Å². The number of aryl methyl sites for hydroxylation is 2. The molecule has 0 unspecified atom stereocenters. The Morgan fingerprint density at radius 2 is 2.11 bits per heavy atom. The van der Waals surface area contributed by atoms with Crippen molar-refractivity contribution in [1.29, 1.82) is 0 Å². The highest BCUT2D eigenvalue weighted by Gasteiger charge is 2.05. The van der Waals surface area contributed by atoms with Gasteiger partial charge < -0.3 is 16.0 Å². The van der Waals surface area contributed by atoms with E-state index in [4.69, 9.17) is 5.73 Å². The molecule has 3 aromatic rings. The topological polar surface area (TPSA) is 79.6 Å². The van der Waals surface area contributed by atoms with Crippen LogP contribution in [0, 0.1) is 13.8 Å². The third kappa shape index (κ3) is 1.91. The molecule has 2 aromatic heterocycles. The number of hydrogen-bond donors (Lipinski definition) is 3. The van der Waals surface area contributed by atoms with E-state index in [1.165, 1.54) is 4.88 Å². The molecule has 0 aliphatic heterocycles. The average molecular weight is 259 g/mol. The van der Waals surface area contributed by atoms with Gasteiger partial charge in [0.1, 0.15) is 0 Å². The Morgan fingerprint density at radius 3 is 2.83 bits per heavy atom. The summed E-state index contributed by atoms with van der Waals surface area (Å²) < 4.78 is 0. The van der Waals surface area contributed by atoms with E-state index < -0.39 is 0 Å². The lowest BCUT2D eigenvalue weighted by molar-refractivity contribution is 1.23. The summed E-state index contributed by atoms with van der Waals surface area (Å²) in [6.07, 6.45) is 0. The highest BCUT2D eigenvalue weighted by molar-refractivity contribution is 7.15. The minimum absolute atomic E-state index is 0.433. The van der Waals surface area contributed by atoms with Crippen LogP contribution in [0.15, 0.2) is 18.2 Å². The van der Waals surface area contributed by atoms with Crippen LogP contribution in [0.2, 0.25) is 0 Å². The molecule has 4 N–H and O–H groups in total. The molecule has 0 saturated heterocycles. The van der Waals surface area contributed by atoms with Crippen LogP contribution in [0.3, 0.4) is 0 Å². The van der Waals surface area contributed by atoms with Crippen LogP contribution in [-0.4, -0.2) is 15.0 Å². The van der Waals surface area contributed by atoms with Gasteiger partial charge in [0.05, 0.1) is 16.7 Å². The van der Waals surface area contributed by atoms with Crippen LogP contribution >= 0.6 is 11.3 Å². The molecule has 0 amide bonds. The first-order valence-electron chi connectivity index (χ1n) is 5.58. The van der Waals surface area contributed by atoms with Crippen LogP contribution in [0.1, 0.15) is 10.6 Å². The van der Waals surface area contributed by atoms with Crippen molar-refractivity contribution >= 4 is 39.1 Å². The Morgan fingerprint density at radius 1 is 1.28 bits per heavy atom. The Labute approximate surface area is 108 Å². The van der Waals surface area contributed by atoms with Crippen molar-refractivity contribution in [2.45, 2.75) is 13.8 Å². The largest absolute Gasteiger partial charge is 0.369 e. The molecule has 0 fully saturated rings. The van der Waals surface area contributed by atoms with Gasteiger partial charge >= 0.3 is 0 Å². The number of fused-ring (bicyclic) bond motifs is 1. The van der Waals surface area contributed by atoms with Gasteiger partial charge in [-0.15, -0.1) is 11.3 Å². The number of hydrogen-bond acceptors (Lipinski definition) is 5. The van der Waals surface area contributed by atoms with E-state index >= 15 is 0 Å². The molecule has 0 radical (unpaired) electrons. The highest BCUT2D eigenvalue weighted by atomic mass is 32.1. The number of aromatic amines is 1. The fourth-order valence-electron chi connectivity index (χ4n) is 1.76. The summed E-state index contributed by atoms with van der Waals surface area (Å²) in [4.78, 5) is 12.8. The lowest BCUT2D eigenvalue weighted by atomic mass is 10.3. The average Bonchev–Trinajstić information content (AvgIpc) is 2.81.